The summed E-state index contributed by atoms with van der Waals surface area (Å²) >= 11 is 0. The van der Waals surface area contributed by atoms with Gasteiger partial charge in [0.15, 0.2) is 0 Å². The lowest BCUT2D eigenvalue weighted by atomic mass is 9.76. The standard InChI is InChI=1S/C18H27N/c1-3-14(2)17(15-10-6-4-7-11-15)18(19)16-12-8-5-9-13-16/h4,6-7,10-12,14,17-18H,3,5,8-9,13,19H2,1-2H3. The van der Waals surface area contributed by atoms with Crippen LogP contribution in [0.3, 0.4) is 0 Å². The minimum atomic E-state index is 0.192. The highest BCUT2D eigenvalue weighted by atomic mass is 14.7. The number of benzene rings is 1. The van der Waals surface area contributed by atoms with Crippen LogP contribution in [-0.2, 0) is 0 Å². The van der Waals surface area contributed by atoms with E-state index in [1.807, 2.05) is 0 Å². The van der Waals surface area contributed by atoms with Gasteiger partial charge in [0.2, 0.25) is 0 Å². The van der Waals surface area contributed by atoms with E-state index in [1.54, 1.807) is 0 Å². The van der Waals surface area contributed by atoms with E-state index in [4.69, 9.17) is 5.73 Å². The molecule has 0 aliphatic heterocycles. The molecular formula is C18H27N. The number of nitrogens with two attached hydrogens (primary N) is 1. The molecule has 1 aromatic rings. The predicted molar refractivity (Wildman–Crippen MR) is 83.2 cm³/mol. The van der Waals surface area contributed by atoms with Crippen LogP contribution in [0.15, 0.2) is 42.0 Å². The van der Waals surface area contributed by atoms with Gasteiger partial charge in [0, 0.05) is 12.0 Å². The zero-order valence-electron chi connectivity index (χ0n) is 12.3. The van der Waals surface area contributed by atoms with Crippen molar-refractivity contribution < 1.29 is 0 Å². The number of allylic oxidation sites excluding steroid dienone is 1. The molecule has 0 spiro atoms. The highest BCUT2D eigenvalue weighted by molar-refractivity contribution is 5.27. The van der Waals surface area contributed by atoms with Crippen molar-refractivity contribution in [2.24, 2.45) is 11.7 Å². The van der Waals surface area contributed by atoms with Crippen molar-refractivity contribution in [3.8, 4) is 0 Å². The zero-order chi connectivity index (χ0) is 13.7. The predicted octanol–water partition coefficient (Wildman–Crippen LogP) is 4.64. The molecule has 0 saturated heterocycles. The first-order valence-electron chi connectivity index (χ1n) is 7.73. The highest BCUT2D eigenvalue weighted by Crippen LogP contribution is 2.34. The van der Waals surface area contributed by atoms with E-state index < -0.39 is 0 Å². The topological polar surface area (TPSA) is 26.0 Å². The van der Waals surface area contributed by atoms with E-state index >= 15 is 0 Å². The van der Waals surface area contributed by atoms with Crippen LogP contribution in [0.25, 0.3) is 0 Å². The molecule has 0 saturated carbocycles. The van der Waals surface area contributed by atoms with Crippen LogP contribution in [0.4, 0.5) is 0 Å². The molecule has 2 rings (SSSR count). The molecule has 0 bridgehead atoms. The molecule has 0 radical (unpaired) electrons. The molecule has 2 N–H and O–H groups in total. The van der Waals surface area contributed by atoms with Crippen molar-refractivity contribution in [3.63, 3.8) is 0 Å². The molecule has 1 nitrogen and oxygen atoms in total. The Labute approximate surface area is 117 Å². The number of hydrogen-bond acceptors (Lipinski definition) is 1. The maximum Gasteiger partial charge on any atom is 0.0325 e. The molecule has 0 aromatic heterocycles. The highest BCUT2D eigenvalue weighted by Gasteiger charge is 2.27. The smallest absolute Gasteiger partial charge is 0.0325 e. The maximum absolute atomic E-state index is 6.63. The summed E-state index contributed by atoms with van der Waals surface area (Å²) in [5.74, 6) is 1.08. The van der Waals surface area contributed by atoms with Crippen molar-refractivity contribution in [2.75, 3.05) is 0 Å². The molecule has 1 aliphatic carbocycles. The molecule has 0 amide bonds. The van der Waals surface area contributed by atoms with Crippen LogP contribution in [-0.4, -0.2) is 6.04 Å². The average molecular weight is 257 g/mol. The largest absolute Gasteiger partial charge is 0.324 e. The van der Waals surface area contributed by atoms with E-state index in [9.17, 15) is 0 Å². The summed E-state index contributed by atoms with van der Waals surface area (Å²) in [4.78, 5) is 0. The second-order valence-electron chi connectivity index (χ2n) is 5.87. The first-order valence-corrected chi connectivity index (χ1v) is 7.73. The van der Waals surface area contributed by atoms with Gasteiger partial charge in [-0.25, -0.2) is 0 Å². The normalized spacial score (nSPS) is 20.5. The number of rotatable bonds is 5. The zero-order valence-corrected chi connectivity index (χ0v) is 12.3. The van der Waals surface area contributed by atoms with Gasteiger partial charge in [0.25, 0.3) is 0 Å². The van der Waals surface area contributed by atoms with E-state index in [0.29, 0.717) is 11.8 Å². The summed E-state index contributed by atoms with van der Waals surface area (Å²) in [6.07, 6.45) is 8.62. The molecule has 0 heterocycles. The third-order valence-electron chi connectivity index (χ3n) is 4.58. The molecule has 1 aliphatic rings. The summed E-state index contributed by atoms with van der Waals surface area (Å²) in [7, 11) is 0. The van der Waals surface area contributed by atoms with Gasteiger partial charge in [-0.2, -0.15) is 0 Å². The first-order chi connectivity index (χ1) is 9.24. The molecule has 3 unspecified atom stereocenters. The number of hydrogen-bond donors (Lipinski definition) is 1. The third kappa shape index (κ3) is 3.48. The summed E-state index contributed by atoms with van der Waals surface area (Å²) in [6, 6.07) is 11.0. The fraction of sp³-hybridized carbons (Fsp3) is 0.556. The van der Waals surface area contributed by atoms with Crippen LogP contribution >= 0.6 is 0 Å². The molecule has 0 fully saturated rings. The average Bonchev–Trinajstić information content (AvgIpc) is 2.49. The summed E-state index contributed by atoms with van der Waals surface area (Å²) in [6.45, 7) is 4.60. The Morgan fingerprint density at radius 1 is 1.16 bits per heavy atom. The molecule has 1 heteroatoms. The molecule has 3 atom stereocenters. The van der Waals surface area contributed by atoms with E-state index in [2.05, 4.69) is 50.3 Å². The first kappa shape index (κ1) is 14.3. The molecule has 104 valence electrons. The Balaban J connectivity index is 2.25. The minimum Gasteiger partial charge on any atom is -0.324 e. The fourth-order valence-corrected chi connectivity index (χ4v) is 3.22. The second-order valence-corrected chi connectivity index (χ2v) is 5.87. The maximum atomic E-state index is 6.63. The van der Waals surface area contributed by atoms with Crippen molar-refractivity contribution in [3.05, 3.63) is 47.5 Å². The Kier molecular flexibility index (Phi) is 5.21. The van der Waals surface area contributed by atoms with Crippen molar-refractivity contribution in [2.45, 2.75) is 57.9 Å². The van der Waals surface area contributed by atoms with Gasteiger partial charge < -0.3 is 5.73 Å². The van der Waals surface area contributed by atoms with E-state index in [1.165, 1.54) is 43.2 Å². The van der Waals surface area contributed by atoms with Gasteiger partial charge in [0.1, 0.15) is 0 Å². The van der Waals surface area contributed by atoms with Crippen molar-refractivity contribution in [1.82, 2.24) is 0 Å². The van der Waals surface area contributed by atoms with E-state index in [-0.39, 0.29) is 6.04 Å². The van der Waals surface area contributed by atoms with E-state index in [0.717, 1.165) is 0 Å². The van der Waals surface area contributed by atoms with Crippen LogP contribution in [0.1, 0.15) is 57.4 Å². The Morgan fingerprint density at radius 2 is 1.89 bits per heavy atom. The SMILES string of the molecule is CCC(C)C(c1ccccc1)C(N)C1=CCCCC1. The fourth-order valence-electron chi connectivity index (χ4n) is 3.22. The minimum absolute atomic E-state index is 0.192. The quantitative estimate of drug-likeness (QED) is 0.764. The van der Waals surface area contributed by atoms with Gasteiger partial charge in [-0.1, -0.05) is 62.2 Å². The van der Waals surface area contributed by atoms with Crippen LogP contribution in [0, 0.1) is 5.92 Å². The monoisotopic (exact) mass is 257 g/mol. The van der Waals surface area contributed by atoms with Crippen LogP contribution in [0.5, 0.6) is 0 Å². The van der Waals surface area contributed by atoms with Gasteiger partial charge in [-0.05, 0) is 37.2 Å². The lowest BCUT2D eigenvalue weighted by Crippen LogP contribution is -2.34. The molecule has 19 heavy (non-hydrogen) atoms. The van der Waals surface area contributed by atoms with Crippen molar-refractivity contribution >= 4 is 0 Å². The Morgan fingerprint density at radius 3 is 2.47 bits per heavy atom. The van der Waals surface area contributed by atoms with Gasteiger partial charge >= 0.3 is 0 Å². The van der Waals surface area contributed by atoms with Gasteiger partial charge in [-0.3, -0.25) is 0 Å². The van der Waals surface area contributed by atoms with Crippen LogP contribution < -0.4 is 5.73 Å². The van der Waals surface area contributed by atoms with Crippen molar-refractivity contribution in [1.29, 1.82) is 0 Å². The Hall–Kier alpha value is -1.08. The molecule has 1 aromatic carbocycles. The van der Waals surface area contributed by atoms with Gasteiger partial charge in [-0.15, -0.1) is 0 Å². The second kappa shape index (κ2) is 6.91. The third-order valence-corrected chi connectivity index (χ3v) is 4.58. The lowest BCUT2D eigenvalue weighted by molar-refractivity contribution is 0.397. The van der Waals surface area contributed by atoms with Gasteiger partial charge in [0.05, 0.1) is 0 Å². The van der Waals surface area contributed by atoms with Crippen LogP contribution in [0.2, 0.25) is 0 Å². The summed E-state index contributed by atoms with van der Waals surface area (Å²) in [5, 5.41) is 0. The summed E-state index contributed by atoms with van der Waals surface area (Å²) < 4.78 is 0. The Bertz CT molecular complexity index is 407. The summed E-state index contributed by atoms with van der Waals surface area (Å²) in [5.41, 5.74) is 9.52. The lowest BCUT2D eigenvalue weighted by Gasteiger charge is -2.32. The molecular weight excluding hydrogens is 230 g/mol.